The number of carbonyl (C=O) groups is 1. The van der Waals surface area contributed by atoms with Gasteiger partial charge in [-0.2, -0.15) is 0 Å². The molecule has 11 heteroatoms. The third-order valence-corrected chi connectivity index (χ3v) is 6.94. The van der Waals surface area contributed by atoms with Crippen molar-refractivity contribution in [3.8, 4) is 0 Å². The van der Waals surface area contributed by atoms with Crippen LogP contribution in [0.4, 0.5) is 0 Å². The summed E-state index contributed by atoms with van der Waals surface area (Å²) in [6.45, 7) is 4.63. The molecule has 1 atom stereocenters. The number of hydrogen-bond acceptors (Lipinski definition) is 7. The van der Waals surface area contributed by atoms with Crippen LogP contribution in [-0.2, 0) is 34.4 Å². The van der Waals surface area contributed by atoms with E-state index in [1.54, 1.807) is 18.5 Å². The van der Waals surface area contributed by atoms with Crippen molar-refractivity contribution in [2.75, 3.05) is 20.3 Å². The van der Waals surface area contributed by atoms with Crippen molar-refractivity contribution in [1.82, 2.24) is 18.7 Å². The van der Waals surface area contributed by atoms with Gasteiger partial charge in [-0.1, -0.05) is 46.7 Å². The predicted molar refractivity (Wildman–Crippen MR) is 131 cm³/mol. The number of thioether (sulfide) groups is 1. The monoisotopic (exact) mass is 538 g/mol. The number of aromatic nitrogens is 4. The molecule has 0 saturated heterocycles. The average molecular weight is 539 g/mol. The standard InChI is InChI=1S/C22H27BrN4O5S/c1-5-16(20(29)32-6-2)33-21-24-18-17(27(21)13-14-8-7-9-15(23)12-14)19(28)26(10-11-31-4)22(30)25(18)3/h7-9,12,16H,5-6,10-11,13H2,1-4H3. The molecule has 0 N–H and O–H groups in total. The van der Waals surface area contributed by atoms with E-state index in [-0.39, 0.29) is 31.4 Å². The van der Waals surface area contributed by atoms with E-state index < -0.39 is 16.5 Å². The van der Waals surface area contributed by atoms with Gasteiger partial charge in [-0.3, -0.25) is 18.7 Å². The van der Waals surface area contributed by atoms with Gasteiger partial charge in [0.15, 0.2) is 16.3 Å². The first-order chi connectivity index (χ1) is 15.8. The molecule has 0 radical (unpaired) electrons. The lowest BCUT2D eigenvalue weighted by atomic mass is 10.2. The highest BCUT2D eigenvalue weighted by atomic mass is 79.9. The normalized spacial score (nSPS) is 12.3. The highest BCUT2D eigenvalue weighted by Gasteiger charge is 2.26. The van der Waals surface area contributed by atoms with Gasteiger partial charge in [0.25, 0.3) is 5.56 Å². The summed E-state index contributed by atoms with van der Waals surface area (Å²) in [6.07, 6.45) is 0.528. The molecular formula is C22H27BrN4O5S. The van der Waals surface area contributed by atoms with E-state index in [9.17, 15) is 14.4 Å². The van der Waals surface area contributed by atoms with Crippen LogP contribution in [0, 0.1) is 0 Å². The zero-order chi connectivity index (χ0) is 24.1. The van der Waals surface area contributed by atoms with Gasteiger partial charge in [-0.15, -0.1) is 0 Å². The number of ether oxygens (including phenoxy) is 2. The Morgan fingerprint density at radius 1 is 1.24 bits per heavy atom. The molecule has 1 aromatic carbocycles. The summed E-state index contributed by atoms with van der Waals surface area (Å²) in [6, 6.07) is 7.72. The predicted octanol–water partition coefficient (Wildman–Crippen LogP) is 2.79. The Hall–Kier alpha value is -2.37. The average Bonchev–Trinajstić information content (AvgIpc) is 3.14. The number of halogens is 1. The second-order valence-electron chi connectivity index (χ2n) is 7.34. The fraction of sp³-hybridized carbons (Fsp3) is 0.455. The molecule has 0 aliphatic heterocycles. The van der Waals surface area contributed by atoms with E-state index >= 15 is 0 Å². The minimum Gasteiger partial charge on any atom is -0.465 e. The molecule has 0 bridgehead atoms. The smallest absolute Gasteiger partial charge is 0.332 e. The first kappa shape index (κ1) is 25.3. The van der Waals surface area contributed by atoms with E-state index in [1.807, 2.05) is 31.2 Å². The minimum atomic E-state index is -0.490. The fourth-order valence-electron chi connectivity index (χ4n) is 3.45. The topological polar surface area (TPSA) is 97.4 Å². The van der Waals surface area contributed by atoms with Crippen molar-refractivity contribution in [3.63, 3.8) is 0 Å². The van der Waals surface area contributed by atoms with Gasteiger partial charge < -0.3 is 14.0 Å². The Morgan fingerprint density at radius 2 is 2.00 bits per heavy atom. The van der Waals surface area contributed by atoms with Crippen molar-refractivity contribution in [2.24, 2.45) is 7.05 Å². The SMILES string of the molecule is CCOC(=O)C(CC)Sc1nc2c(c(=O)n(CCOC)c(=O)n2C)n1Cc1cccc(Br)c1. The maximum absolute atomic E-state index is 13.4. The van der Waals surface area contributed by atoms with E-state index in [0.29, 0.717) is 23.6 Å². The highest BCUT2D eigenvalue weighted by molar-refractivity contribution is 9.10. The van der Waals surface area contributed by atoms with Gasteiger partial charge in [0.1, 0.15) is 5.25 Å². The van der Waals surface area contributed by atoms with E-state index in [4.69, 9.17) is 9.47 Å². The first-order valence-corrected chi connectivity index (χ1v) is 12.3. The lowest BCUT2D eigenvalue weighted by Crippen LogP contribution is -2.40. The Kier molecular flexibility index (Phi) is 8.55. The number of methoxy groups -OCH3 is 1. The van der Waals surface area contributed by atoms with Gasteiger partial charge in [0.05, 0.1) is 26.3 Å². The Morgan fingerprint density at radius 3 is 2.64 bits per heavy atom. The molecule has 3 rings (SSSR count). The quantitative estimate of drug-likeness (QED) is 0.289. The molecule has 9 nitrogen and oxygen atoms in total. The largest absolute Gasteiger partial charge is 0.465 e. The molecule has 0 aliphatic rings. The van der Waals surface area contributed by atoms with Crippen LogP contribution in [0.25, 0.3) is 11.2 Å². The second kappa shape index (κ2) is 11.2. The van der Waals surface area contributed by atoms with Gasteiger partial charge in [-0.25, -0.2) is 9.78 Å². The maximum atomic E-state index is 13.4. The molecule has 0 spiro atoms. The number of aryl methyl sites for hydroxylation is 1. The van der Waals surface area contributed by atoms with E-state index in [2.05, 4.69) is 20.9 Å². The first-order valence-electron chi connectivity index (χ1n) is 10.6. The summed E-state index contributed by atoms with van der Waals surface area (Å²) in [5.74, 6) is -0.336. The van der Waals surface area contributed by atoms with Crippen LogP contribution < -0.4 is 11.2 Å². The molecule has 0 amide bonds. The summed E-state index contributed by atoms with van der Waals surface area (Å²) >= 11 is 4.72. The van der Waals surface area contributed by atoms with E-state index in [1.165, 1.54) is 23.4 Å². The number of carbonyl (C=O) groups excluding carboxylic acids is 1. The van der Waals surface area contributed by atoms with Crippen LogP contribution in [0.2, 0.25) is 0 Å². The third-order valence-electron chi connectivity index (χ3n) is 5.11. The van der Waals surface area contributed by atoms with Crippen LogP contribution in [-0.4, -0.2) is 50.2 Å². The second-order valence-corrected chi connectivity index (χ2v) is 9.43. The van der Waals surface area contributed by atoms with Gasteiger partial charge in [-0.05, 0) is 31.0 Å². The number of benzene rings is 1. The van der Waals surface area contributed by atoms with Crippen LogP contribution in [0.5, 0.6) is 0 Å². The maximum Gasteiger partial charge on any atom is 0.332 e. The summed E-state index contributed by atoms with van der Waals surface area (Å²) in [7, 11) is 3.10. The molecule has 178 valence electrons. The van der Waals surface area contributed by atoms with Crippen LogP contribution in [0.15, 0.2) is 43.5 Å². The number of hydrogen-bond donors (Lipinski definition) is 0. The van der Waals surface area contributed by atoms with E-state index in [0.717, 1.165) is 14.6 Å². The highest BCUT2D eigenvalue weighted by Crippen LogP contribution is 2.29. The molecular weight excluding hydrogens is 512 g/mol. The van der Waals surface area contributed by atoms with Crippen molar-refractivity contribution in [1.29, 1.82) is 0 Å². The van der Waals surface area contributed by atoms with Crippen LogP contribution in [0.3, 0.4) is 0 Å². The molecule has 0 fully saturated rings. The third kappa shape index (κ3) is 5.42. The molecule has 0 saturated carbocycles. The Labute approximate surface area is 203 Å². The Bertz CT molecular complexity index is 1270. The van der Waals surface area contributed by atoms with Crippen molar-refractivity contribution in [3.05, 3.63) is 55.1 Å². The Balaban J connectivity index is 2.23. The lowest BCUT2D eigenvalue weighted by Gasteiger charge is -2.15. The van der Waals surface area contributed by atoms with Crippen molar-refractivity contribution in [2.45, 2.75) is 43.8 Å². The zero-order valence-electron chi connectivity index (χ0n) is 19.0. The molecule has 1 unspecified atom stereocenters. The number of nitrogens with zero attached hydrogens (tertiary/aromatic N) is 4. The van der Waals surface area contributed by atoms with Gasteiger partial charge in [0.2, 0.25) is 0 Å². The number of fused-ring (bicyclic) bond motifs is 1. The molecule has 0 aliphatic carbocycles. The summed E-state index contributed by atoms with van der Waals surface area (Å²) in [5.41, 5.74) is 0.602. The number of rotatable bonds is 10. The summed E-state index contributed by atoms with van der Waals surface area (Å²) in [4.78, 5) is 43.3. The summed E-state index contributed by atoms with van der Waals surface area (Å²) < 4.78 is 15.5. The summed E-state index contributed by atoms with van der Waals surface area (Å²) in [5, 5.41) is -0.0164. The fourth-order valence-corrected chi connectivity index (χ4v) is 4.90. The van der Waals surface area contributed by atoms with Crippen molar-refractivity contribution >= 4 is 44.8 Å². The van der Waals surface area contributed by atoms with Gasteiger partial charge in [0, 0.05) is 18.6 Å². The minimum absolute atomic E-state index is 0.128. The van der Waals surface area contributed by atoms with Crippen LogP contribution in [0.1, 0.15) is 25.8 Å². The van der Waals surface area contributed by atoms with Crippen molar-refractivity contribution < 1.29 is 14.3 Å². The zero-order valence-corrected chi connectivity index (χ0v) is 21.4. The molecule has 33 heavy (non-hydrogen) atoms. The van der Waals surface area contributed by atoms with Gasteiger partial charge >= 0.3 is 11.7 Å². The number of imidazole rings is 1. The van der Waals surface area contributed by atoms with Crippen LogP contribution >= 0.6 is 27.7 Å². The molecule has 2 aromatic heterocycles. The lowest BCUT2D eigenvalue weighted by molar-refractivity contribution is -0.142. The molecule has 3 aromatic rings. The number of esters is 1. The molecule has 2 heterocycles.